The summed E-state index contributed by atoms with van der Waals surface area (Å²) in [6.45, 7) is 5.10. The SMILES string of the molecule is CCc1cccc(CC)c1CNCl. The summed E-state index contributed by atoms with van der Waals surface area (Å²) >= 11 is 5.54. The second kappa shape index (κ2) is 5.25. The summed E-state index contributed by atoms with van der Waals surface area (Å²) in [5.74, 6) is 0. The summed E-state index contributed by atoms with van der Waals surface area (Å²) in [6, 6.07) is 6.46. The second-order valence-electron chi connectivity index (χ2n) is 3.07. The standard InChI is InChI=1S/C11H16ClN/c1-3-9-6-5-7-10(4-2)11(9)8-13-12/h5-7,13H,3-4,8H2,1-2H3. The Morgan fingerprint density at radius 1 is 1.15 bits per heavy atom. The van der Waals surface area contributed by atoms with E-state index < -0.39 is 0 Å². The van der Waals surface area contributed by atoms with Crippen molar-refractivity contribution in [3.8, 4) is 0 Å². The van der Waals surface area contributed by atoms with Gasteiger partial charge in [0.25, 0.3) is 0 Å². The van der Waals surface area contributed by atoms with Gasteiger partial charge in [0.2, 0.25) is 0 Å². The van der Waals surface area contributed by atoms with Crippen molar-refractivity contribution in [3.63, 3.8) is 0 Å². The number of halogens is 1. The van der Waals surface area contributed by atoms with Gasteiger partial charge in [0.15, 0.2) is 0 Å². The lowest BCUT2D eigenvalue weighted by molar-refractivity contribution is 0.900. The van der Waals surface area contributed by atoms with Crippen LogP contribution < -0.4 is 4.84 Å². The first kappa shape index (κ1) is 10.6. The van der Waals surface area contributed by atoms with Crippen molar-refractivity contribution < 1.29 is 0 Å². The van der Waals surface area contributed by atoms with Gasteiger partial charge in [-0.25, -0.2) is 4.84 Å². The molecule has 0 spiro atoms. The third kappa shape index (κ3) is 2.45. The van der Waals surface area contributed by atoms with Gasteiger partial charge < -0.3 is 0 Å². The molecule has 0 bridgehead atoms. The van der Waals surface area contributed by atoms with Gasteiger partial charge in [-0.15, -0.1) is 0 Å². The first-order valence-electron chi connectivity index (χ1n) is 4.76. The Bertz CT molecular complexity index is 249. The average molecular weight is 198 g/mol. The van der Waals surface area contributed by atoms with Crippen LogP contribution in [-0.2, 0) is 19.4 Å². The molecule has 1 nitrogen and oxygen atoms in total. The maximum Gasteiger partial charge on any atom is 0.0364 e. The predicted octanol–water partition coefficient (Wildman–Crippen LogP) is 3.05. The number of benzene rings is 1. The van der Waals surface area contributed by atoms with E-state index in [0.717, 1.165) is 19.4 Å². The number of aryl methyl sites for hydroxylation is 2. The molecule has 1 N–H and O–H groups in total. The van der Waals surface area contributed by atoms with Crippen molar-refractivity contribution in [1.82, 2.24) is 4.84 Å². The minimum atomic E-state index is 0.759. The van der Waals surface area contributed by atoms with Gasteiger partial charge in [0, 0.05) is 6.54 Å². The Balaban J connectivity index is 3.05. The molecule has 0 aromatic heterocycles. The quantitative estimate of drug-likeness (QED) is 0.732. The van der Waals surface area contributed by atoms with Gasteiger partial charge >= 0.3 is 0 Å². The van der Waals surface area contributed by atoms with Crippen molar-refractivity contribution in [1.29, 1.82) is 0 Å². The van der Waals surface area contributed by atoms with Crippen LogP contribution >= 0.6 is 11.8 Å². The fraction of sp³-hybridized carbons (Fsp3) is 0.455. The van der Waals surface area contributed by atoms with Gasteiger partial charge in [-0.05, 0) is 41.3 Å². The van der Waals surface area contributed by atoms with Crippen molar-refractivity contribution >= 4 is 11.8 Å². The van der Waals surface area contributed by atoms with E-state index in [2.05, 4.69) is 36.9 Å². The van der Waals surface area contributed by atoms with Crippen LogP contribution in [0, 0.1) is 0 Å². The summed E-state index contributed by atoms with van der Waals surface area (Å²) in [5, 5.41) is 0. The van der Waals surface area contributed by atoms with E-state index in [1.54, 1.807) is 0 Å². The molecule has 0 aliphatic carbocycles. The lowest BCUT2D eigenvalue weighted by Gasteiger charge is -2.11. The first-order valence-corrected chi connectivity index (χ1v) is 5.14. The Hall–Kier alpha value is -0.530. The molecule has 0 atom stereocenters. The molecular weight excluding hydrogens is 182 g/mol. The van der Waals surface area contributed by atoms with Gasteiger partial charge in [0.05, 0.1) is 0 Å². The lowest BCUT2D eigenvalue weighted by Crippen LogP contribution is -2.05. The van der Waals surface area contributed by atoms with Crippen molar-refractivity contribution in [2.75, 3.05) is 0 Å². The van der Waals surface area contributed by atoms with Crippen LogP contribution in [0.5, 0.6) is 0 Å². The molecule has 0 saturated carbocycles. The molecule has 2 heteroatoms. The van der Waals surface area contributed by atoms with E-state index in [4.69, 9.17) is 11.8 Å². The molecule has 0 fully saturated rings. The highest BCUT2D eigenvalue weighted by molar-refractivity contribution is 6.13. The zero-order valence-electron chi connectivity index (χ0n) is 8.23. The maximum atomic E-state index is 5.54. The van der Waals surface area contributed by atoms with Crippen LogP contribution in [0.25, 0.3) is 0 Å². The van der Waals surface area contributed by atoms with Crippen LogP contribution in [0.1, 0.15) is 30.5 Å². The average Bonchev–Trinajstić information content (AvgIpc) is 2.18. The number of hydrogen-bond donors (Lipinski definition) is 1. The second-order valence-corrected chi connectivity index (χ2v) is 3.34. The maximum absolute atomic E-state index is 5.54. The van der Waals surface area contributed by atoms with E-state index in [1.807, 2.05) is 0 Å². The largest absolute Gasteiger partial charge is 0.229 e. The summed E-state index contributed by atoms with van der Waals surface area (Å²) < 4.78 is 0. The fourth-order valence-corrected chi connectivity index (χ4v) is 1.78. The highest BCUT2D eigenvalue weighted by Gasteiger charge is 2.04. The van der Waals surface area contributed by atoms with Crippen LogP contribution in [0.2, 0.25) is 0 Å². The molecule has 1 aromatic carbocycles. The molecular formula is C11H16ClN. The van der Waals surface area contributed by atoms with Gasteiger partial charge in [0.1, 0.15) is 0 Å². The lowest BCUT2D eigenvalue weighted by atomic mass is 9.98. The van der Waals surface area contributed by atoms with Crippen molar-refractivity contribution in [2.45, 2.75) is 33.2 Å². The molecule has 1 aromatic rings. The predicted molar refractivity (Wildman–Crippen MR) is 57.9 cm³/mol. The van der Waals surface area contributed by atoms with Gasteiger partial charge in [-0.3, -0.25) is 0 Å². The Kier molecular flexibility index (Phi) is 4.26. The smallest absolute Gasteiger partial charge is 0.0364 e. The summed E-state index contributed by atoms with van der Waals surface area (Å²) in [6.07, 6.45) is 2.14. The van der Waals surface area contributed by atoms with E-state index in [0.29, 0.717) is 0 Å². The Labute approximate surface area is 85.2 Å². The van der Waals surface area contributed by atoms with Crippen LogP contribution in [-0.4, -0.2) is 0 Å². The van der Waals surface area contributed by atoms with Gasteiger partial charge in [-0.2, -0.15) is 0 Å². The van der Waals surface area contributed by atoms with E-state index in [-0.39, 0.29) is 0 Å². The van der Waals surface area contributed by atoms with E-state index in [9.17, 15) is 0 Å². The highest BCUT2D eigenvalue weighted by atomic mass is 35.5. The van der Waals surface area contributed by atoms with Crippen LogP contribution in [0.15, 0.2) is 18.2 Å². The Morgan fingerprint density at radius 3 is 2.08 bits per heavy atom. The van der Waals surface area contributed by atoms with E-state index in [1.165, 1.54) is 16.7 Å². The van der Waals surface area contributed by atoms with Crippen molar-refractivity contribution in [3.05, 3.63) is 34.9 Å². The summed E-state index contributed by atoms with van der Waals surface area (Å²) in [5.41, 5.74) is 4.16. The molecule has 0 heterocycles. The zero-order valence-corrected chi connectivity index (χ0v) is 8.99. The highest BCUT2D eigenvalue weighted by Crippen LogP contribution is 2.16. The molecule has 1 rings (SSSR count). The monoisotopic (exact) mass is 197 g/mol. The van der Waals surface area contributed by atoms with Crippen molar-refractivity contribution in [2.24, 2.45) is 0 Å². The Morgan fingerprint density at radius 2 is 1.69 bits per heavy atom. The summed E-state index contributed by atoms with van der Waals surface area (Å²) in [7, 11) is 0. The molecule has 0 unspecified atom stereocenters. The fourth-order valence-electron chi connectivity index (χ4n) is 1.64. The number of hydrogen-bond acceptors (Lipinski definition) is 1. The summed E-state index contributed by atoms with van der Waals surface area (Å²) in [4.78, 5) is 2.71. The zero-order chi connectivity index (χ0) is 9.68. The molecule has 72 valence electrons. The van der Waals surface area contributed by atoms with Crippen LogP contribution in [0.4, 0.5) is 0 Å². The first-order chi connectivity index (χ1) is 6.33. The molecule has 0 radical (unpaired) electrons. The molecule has 0 amide bonds. The number of nitrogens with one attached hydrogen (secondary N) is 1. The van der Waals surface area contributed by atoms with Gasteiger partial charge in [-0.1, -0.05) is 32.0 Å². The molecule has 0 aliphatic rings. The molecule has 13 heavy (non-hydrogen) atoms. The number of rotatable bonds is 4. The topological polar surface area (TPSA) is 12.0 Å². The normalized spacial score (nSPS) is 10.4. The van der Waals surface area contributed by atoms with E-state index >= 15 is 0 Å². The molecule has 0 aliphatic heterocycles. The third-order valence-corrected chi connectivity index (χ3v) is 2.51. The minimum absolute atomic E-state index is 0.759. The minimum Gasteiger partial charge on any atom is -0.229 e. The third-order valence-electron chi connectivity index (χ3n) is 2.38. The van der Waals surface area contributed by atoms with Crippen LogP contribution in [0.3, 0.4) is 0 Å². The molecule has 0 saturated heterocycles.